The molecule has 0 radical (unpaired) electrons. The number of aryl methyl sites for hydroxylation is 1. The Bertz CT molecular complexity index is 1210. The Morgan fingerprint density at radius 3 is 2.29 bits per heavy atom. The van der Waals surface area contributed by atoms with E-state index in [1.54, 1.807) is 20.8 Å². The van der Waals surface area contributed by atoms with Gasteiger partial charge in [0.2, 0.25) is 5.91 Å². The summed E-state index contributed by atoms with van der Waals surface area (Å²) in [7, 11) is 1.25. The minimum absolute atomic E-state index is 0.193. The molecule has 2 amide bonds. The summed E-state index contributed by atoms with van der Waals surface area (Å²) >= 11 is 0. The second-order valence-corrected chi connectivity index (χ2v) is 9.53. The molecule has 0 bridgehead atoms. The molecular formula is C27H33N3O5. The highest BCUT2D eigenvalue weighted by molar-refractivity contribution is 5.91. The molecule has 0 spiro atoms. The lowest BCUT2D eigenvalue weighted by molar-refractivity contribution is -0.144. The third-order valence-electron chi connectivity index (χ3n) is 5.45. The minimum atomic E-state index is -0.978. The molecule has 3 aromatic rings. The molecule has 2 aromatic carbocycles. The van der Waals surface area contributed by atoms with E-state index in [0.29, 0.717) is 0 Å². The van der Waals surface area contributed by atoms with Crippen molar-refractivity contribution in [2.24, 2.45) is 0 Å². The average molecular weight is 480 g/mol. The highest BCUT2D eigenvalue weighted by Crippen LogP contribution is 2.26. The Labute approximate surface area is 205 Å². The second kappa shape index (κ2) is 10.6. The van der Waals surface area contributed by atoms with E-state index in [1.165, 1.54) is 14.0 Å². The van der Waals surface area contributed by atoms with Crippen molar-refractivity contribution < 1.29 is 23.9 Å². The Kier molecular flexibility index (Phi) is 7.84. The molecule has 0 aliphatic carbocycles. The lowest BCUT2D eigenvalue weighted by Gasteiger charge is -2.24. The highest BCUT2D eigenvalue weighted by atomic mass is 16.6. The molecule has 35 heavy (non-hydrogen) atoms. The summed E-state index contributed by atoms with van der Waals surface area (Å²) in [5.74, 6) is -1.09. The molecule has 0 aliphatic heterocycles. The summed E-state index contributed by atoms with van der Waals surface area (Å²) in [4.78, 5) is 37.5. The van der Waals surface area contributed by atoms with Crippen LogP contribution in [0.4, 0.5) is 4.79 Å². The average Bonchev–Trinajstić information content (AvgIpc) is 3.15. The fourth-order valence-corrected chi connectivity index (χ4v) is 3.76. The molecule has 1 heterocycles. The van der Waals surface area contributed by atoms with Crippen LogP contribution in [0.3, 0.4) is 0 Å². The molecule has 2 N–H and O–H groups in total. The number of ether oxygens (including phenoxy) is 2. The molecule has 0 aliphatic rings. The number of nitrogens with one attached hydrogen (secondary N) is 2. The van der Waals surface area contributed by atoms with Crippen molar-refractivity contribution in [2.45, 2.75) is 58.7 Å². The van der Waals surface area contributed by atoms with Crippen molar-refractivity contribution in [3.8, 4) is 5.69 Å². The summed E-state index contributed by atoms with van der Waals surface area (Å²) in [6.45, 7) is 8.80. The van der Waals surface area contributed by atoms with Gasteiger partial charge in [-0.3, -0.25) is 4.79 Å². The first-order valence-corrected chi connectivity index (χ1v) is 11.5. The number of rotatable bonds is 7. The quantitative estimate of drug-likeness (QED) is 0.498. The maximum Gasteiger partial charge on any atom is 0.408 e. The summed E-state index contributed by atoms with van der Waals surface area (Å²) in [5, 5.41) is 6.25. The maximum absolute atomic E-state index is 13.1. The zero-order valence-electron chi connectivity index (χ0n) is 21.0. The molecule has 0 saturated carbocycles. The number of fused-ring (bicyclic) bond motifs is 1. The van der Waals surface area contributed by atoms with Crippen LogP contribution in [0.25, 0.3) is 16.6 Å². The van der Waals surface area contributed by atoms with Crippen molar-refractivity contribution in [2.75, 3.05) is 7.11 Å². The van der Waals surface area contributed by atoms with Gasteiger partial charge in [0.1, 0.15) is 17.7 Å². The van der Waals surface area contributed by atoms with E-state index in [4.69, 9.17) is 9.47 Å². The molecule has 3 rings (SSSR count). The number of carbonyl (C=O) groups excluding carboxylic acids is 3. The lowest BCUT2D eigenvalue weighted by atomic mass is 10.0. The van der Waals surface area contributed by atoms with E-state index in [9.17, 15) is 14.4 Å². The fourth-order valence-electron chi connectivity index (χ4n) is 3.76. The number of nitrogens with zero attached hydrogens (tertiary/aromatic N) is 1. The van der Waals surface area contributed by atoms with Gasteiger partial charge in [-0.1, -0.05) is 35.9 Å². The van der Waals surface area contributed by atoms with Crippen LogP contribution in [0, 0.1) is 6.92 Å². The van der Waals surface area contributed by atoms with Gasteiger partial charge in [-0.15, -0.1) is 0 Å². The Morgan fingerprint density at radius 1 is 1.00 bits per heavy atom. The Morgan fingerprint density at radius 2 is 1.66 bits per heavy atom. The molecule has 0 saturated heterocycles. The molecule has 2 atom stereocenters. The number of carbonyl (C=O) groups is 3. The van der Waals surface area contributed by atoms with Crippen LogP contribution in [0.15, 0.2) is 54.7 Å². The summed E-state index contributed by atoms with van der Waals surface area (Å²) < 4.78 is 12.1. The van der Waals surface area contributed by atoms with E-state index in [-0.39, 0.29) is 6.42 Å². The molecule has 1 aromatic heterocycles. The summed E-state index contributed by atoms with van der Waals surface area (Å²) in [6, 6.07) is 14.2. The zero-order chi connectivity index (χ0) is 25.8. The van der Waals surface area contributed by atoms with Gasteiger partial charge in [0.05, 0.1) is 12.6 Å². The van der Waals surface area contributed by atoms with E-state index in [1.807, 2.05) is 61.7 Å². The van der Waals surface area contributed by atoms with E-state index in [0.717, 1.165) is 27.7 Å². The standard InChI is InChI=1S/C27H33N3O5/c1-17-11-13-20(14-12-17)30-16-19(21-9-7-8-10-23(21)30)15-22(29-26(33)35-27(3,4)5)24(31)28-18(2)25(32)34-6/h7-14,16,18,22H,15H2,1-6H3,(H,28,31)(H,29,33)/t18-,22-/m0/s1. The maximum atomic E-state index is 13.1. The predicted octanol–water partition coefficient (Wildman–Crippen LogP) is 4.05. The minimum Gasteiger partial charge on any atom is -0.467 e. The van der Waals surface area contributed by atoms with Crippen LogP contribution in [0.5, 0.6) is 0 Å². The predicted molar refractivity (Wildman–Crippen MR) is 134 cm³/mol. The van der Waals surface area contributed by atoms with Gasteiger partial charge in [-0.25, -0.2) is 9.59 Å². The zero-order valence-corrected chi connectivity index (χ0v) is 21.0. The molecular weight excluding hydrogens is 446 g/mol. The second-order valence-electron chi connectivity index (χ2n) is 9.53. The van der Waals surface area contributed by atoms with Crippen LogP contribution in [0.2, 0.25) is 0 Å². The number of hydrogen-bond acceptors (Lipinski definition) is 5. The van der Waals surface area contributed by atoms with Crippen LogP contribution < -0.4 is 10.6 Å². The number of aromatic nitrogens is 1. The molecule has 0 fully saturated rings. The lowest BCUT2D eigenvalue weighted by Crippen LogP contribution is -2.52. The SMILES string of the molecule is COC(=O)[C@H](C)NC(=O)[C@H](Cc1cn(-c2ccc(C)cc2)c2ccccc12)NC(=O)OC(C)(C)C. The van der Waals surface area contributed by atoms with Gasteiger partial charge in [-0.05, 0) is 58.4 Å². The number of esters is 1. The van der Waals surface area contributed by atoms with Gasteiger partial charge < -0.3 is 24.7 Å². The first-order valence-electron chi connectivity index (χ1n) is 11.5. The third kappa shape index (κ3) is 6.62. The van der Waals surface area contributed by atoms with E-state index in [2.05, 4.69) is 15.2 Å². The first-order chi connectivity index (χ1) is 16.5. The normalized spacial score (nSPS) is 13.1. The molecule has 0 unspecified atom stereocenters. The van der Waals surface area contributed by atoms with Crippen molar-refractivity contribution in [3.63, 3.8) is 0 Å². The molecule has 8 nitrogen and oxygen atoms in total. The van der Waals surface area contributed by atoms with Crippen molar-refractivity contribution in [3.05, 3.63) is 65.9 Å². The van der Waals surface area contributed by atoms with Crippen LogP contribution in [0.1, 0.15) is 38.8 Å². The number of alkyl carbamates (subject to hydrolysis) is 1. The van der Waals surface area contributed by atoms with Gasteiger partial charge in [0.15, 0.2) is 0 Å². The van der Waals surface area contributed by atoms with Gasteiger partial charge >= 0.3 is 12.1 Å². The topological polar surface area (TPSA) is 98.7 Å². The number of hydrogen-bond donors (Lipinski definition) is 2. The monoisotopic (exact) mass is 479 g/mol. The van der Waals surface area contributed by atoms with Crippen molar-refractivity contribution in [1.82, 2.24) is 15.2 Å². The van der Waals surface area contributed by atoms with Gasteiger partial charge in [-0.2, -0.15) is 0 Å². The van der Waals surface area contributed by atoms with Crippen LogP contribution in [-0.2, 0) is 25.5 Å². The van der Waals surface area contributed by atoms with Gasteiger partial charge in [0, 0.05) is 23.7 Å². The molecule has 186 valence electrons. The summed E-state index contributed by atoms with van der Waals surface area (Å²) in [6.07, 6.45) is 1.44. The number of methoxy groups -OCH3 is 1. The number of amides is 2. The van der Waals surface area contributed by atoms with Crippen LogP contribution in [-0.4, -0.2) is 47.3 Å². The van der Waals surface area contributed by atoms with E-state index < -0.39 is 35.7 Å². The van der Waals surface area contributed by atoms with Crippen molar-refractivity contribution >= 4 is 28.9 Å². The first kappa shape index (κ1) is 25.8. The van der Waals surface area contributed by atoms with Crippen molar-refractivity contribution in [1.29, 1.82) is 0 Å². The number of para-hydroxylation sites is 1. The molecule has 8 heteroatoms. The smallest absolute Gasteiger partial charge is 0.408 e. The Hall–Kier alpha value is -3.81. The van der Waals surface area contributed by atoms with Crippen LogP contribution >= 0.6 is 0 Å². The largest absolute Gasteiger partial charge is 0.467 e. The number of benzene rings is 2. The van der Waals surface area contributed by atoms with Gasteiger partial charge in [0.25, 0.3) is 0 Å². The Balaban J connectivity index is 1.96. The highest BCUT2D eigenvalue weighted by Gasteiger charge is 2.28. The third-order valence-corrected chi connectivity index (χ3v) is 5.45. The summed E-state index contributed by atoms with van der Waals surface area (Å²) in [5.41, 5.74) is 3.25. The fraction of sp³-hybridized carbons (Fsp3) is 0.370. The van der Waals surface area contributed by atoms with E-state index >= 15 is 0 Å².